The van der Waals surface area contributed by atoms with Gasteiger partial charge in [0.1, 0.15) is 5.76 Å². The zero-order chi connectivity index (χ0) is 17.4. The standard InChI is InChI=1S/C18H24N4O3/c1-12-13(9-21(2)20-12)10-22-11-15(17-16(22)5-7-25-17)18(23)19-8-14-4-3-6-24-14/h3-4,6,9,15-17H,5,7-8,10-11H2,1-2H3,(H,19,23)/t15-,16+,17+/m0/s1. The molecule has 3 atom stereocenters. The molecule has 7 nitrogen and oxygen atoms in total. The van der Waals surface area contributed by atoms with Gasteiger partial charge in [0.25, 0.3) is 0 Å². The summed E-state index contributed by atoms with van der Waals surface area (Å²) in [7, 11) is 1.94. The Balaban J connectivity index is 1.43. The second kappa shape index (κ2) is 6.65. The number of furan rings is 1. The lowest BCUT2D eigenvalue weighted by molar-refractivity contribution is -0.127. The lowest BCUT2D eigenvalue weighted by Gasteiger charge is -2.21. The highest BCUT2D eigenvalue weighted by atomic mass is 16.5. The van der Waals surface area contributed by atoms with E-state index in [4.69, 9.17) is 9.15 Å². The minimum atomic E-state index is -0.139. The summed E-state index contributed by atoms with van der Waals surface area (Å²) >= 11 is 0. The van der Waals surface area contributed by atoms with Crippen molar-refractivity contribution in [3.8, 4) is 0 Å². The molecule has 134 valence electrons. The maximum absolute atomic E-state index is 12.7. The van der Waals surface area contributed by atoms with E-state index in [0.29, 0.717) is 19.1 Å². The van der Waals surface area contributed by atoms with E-state index >= 15 is 0 Å². The minimum Gasteiger partial charge on any atom is -0.467 e. The van der Waals surface area contributed by atoms with E-state index in [-0.39, 0.29) is 17.9 Å². The summed E-state index contributed by atoms with van der Waals surface area (Å²) in [6.45, 7) is 4.70. The topological polar surface area (TPSA) is 72.5 Å². The third-order valence-electron chi connectivity index (χ3n) is 5.24. The largest absolute Gasteiger partial charge is 0.467 e. The average Bonchev–Trinajstić information content (AvgIpc) is 3.33. The molecule has 7 heteroatoms. The lowest BCUT2D eigenvalue weighted by Crippen LogP contribution is -2.37. The molecule has 0 aliphatic carbocycles. The van der Waals surface area contributed by atoms with Gasteiger partial charge in [-0.3, -0.25) is 14.4 Å². The van der Waals surface area contributed by atoms with Crippen LogP contribution in [-0.4, -0.2) is 45.9 Å². The van der Waals surface area contributed by atoms with Gasteiger partial charge in [-0.2, -0.15) is 5.10 Å². The number of likely N-dealkylation sites (tertiary alicyclic amines) is 1. The Morgan fingerprint density at radius 2 is 2.36 bits per heavy atom. The number of hydrogen-bond donors (Lipinski definition) is 1. The van der Waals surface area contributed by atoms with Crippen molar-refractivity contribution in [2.24, 2.45) is 13.0 Å². The second-order valence-electron chi connectivity index (χ2n) is 6.94. The van der Waals surface area contributed by atoms with Crippen molar-refractivity contribution in [3.05, 3.63) is 41.6 Å². The Labute approximate surface area is 146 Å². The number of carbonyl (C=O) groups is 1. The molecular formula is C18H24N4O3. The Kier molecular flexibility index (Phi) is 4.35. The third-order valence-corrected chi connectivity index (χ3v) is 5.24. The van der Waals surface area contributed by atoms with E-state index in [9.17, 15) is 4.79 Å². The van der Waals surface area contributed by atoms with Gasteiger partial charge in [-0.25, -0.2) is 0 Å². The first-order valence-electron chi connectivity index (χ1n) is 8.76. The van der Waals surface area contributed by atoms with Gasteiger partial charge in [-0.1, -0.05) is 0 Å². The van der Waals surface area contributed by atoms with Crippen LogP contribution in [0.1, 0.15) is 23.4 Å². The normalized spacial score (nSPS) is 26.1. The molecule has 2 aromatic heterocycles. The molecule has 4 heterocycles. The van der Waals surface area contributed by atoms with Crippen LogP contribution < -0.4 is 5.32 Å². The number of aromatic nitrogens is 2. The summed E-state index contributed by atoms with van der Waals surface area (Å²) in [5, 5.41) is 7.40. The maximum atomic E-state index is 12.7. The van der Waals surface area contributed by atoms with Crippen LogP contribution in [0.25, 0.3) is 0 Å². The number of aryl methyl sites for hydroxylation is 2. The van der Waals surface area contributed by atoms with Crippen LogP contribution >= 0.6 is 0 Å². The van der Waals surface area contributed by atoms with Gasteiger partial charge in [0.15, 0.2) is 0 Å². The molecule has 0 unspecified atom stereocenters. The first kappa shape index (κ1) is 16.4. The molecule has 2 aromatic rings. The number of carbonyl (C=O) groups excluding carboxylic acids is 1. The number of nitrogens with one attached hydrogen (secondary N) is 1. The zero-order valence-corrected chi connectivity index (χ0v) is 14.6. The van der Waals surface area contributed by atoms with Gasteiger partial charge in [-0.05, 0) is 25.5 Å². The monoisotopic (exact) mass is 344 g/mol. The smallest absolute Gasteiger partial charge is 0.227 e. The average molecular weight is 344 g/mol. The molecule has 2 aliphatic heterocycles. The summed E-state index contributed by atoms with van der Waals surface area (Å²) in [4.78, 5) is 15.1. The van der Waals surface area contributed by atoms with Crippen LogP contribution in [0.2, 0.25) is 0 Å². The molecule has 0 radical (unpaired) electrons. The summed E-state index contributed by atoms with van der Waals surface area (Å²) in [5.74, 6) is 0.663. The van der Waals surface area contributed by atoms with Crippen molar-refractivity contribution >= 4 is 5.91 Å². The highest BCUT2D eigenvalue weighted by Gasteiger charge is 2.48. The number of fused-ring (bicyclic) bond motifs is 1. The molecule has 2 saturated heterocycles. The van der Waals surface area contributed by atoms with E-state index in [1.54, 1.807) is 6.26 Å². The Bertz CT molecular complexity index is 740. The molecule has 4 rings (SSSR count). The highest BCUT2D eigenvalue weighted by molar-refractivity contribution is 5.80. The SMILES string of the molecule is Cc1nn(C)cc1CN1C[C@H](C(=O)NCc2ccco2)[C@H]2OCC[C@H]21. The molecule has 1 amide bonds. The van der Waals surface area contributed by atoms with Gasteiger partial charge in [0, 0.05) is 44.5 Å². The van der Waals surface area contributed by atoms with E-state index < -0.39 is 0 Å². The van der Waals surface area contributed by atoms with Crippen LogP contribution in [0.3, 0.4) is 0 Å². The van der Waals surface area contributed by atoms with E-state index in [0.717, 1.165) is 31.0 Å². The van der Waals surface area contributed by atoms with Crippen molar-refractivity contribution in [2.45, 2.75) is 38.6 Å². The van der Waals surface area contributed by atoms with Gasteiger partial charge < -0.3 is 14.5 Å². The van der Waals surface area contributed by atoms with E-state index in [2.05, 4.69) is 21.5 Å². The summed E-state index contributed by atoms with van der Waals surface area (Å²) in [6, 6.07) is 3.99. The van der Waals surface area contributed by atoms with Gasteiger partial charge in [0.2, 0.25) is 5.91 Å². The summed E-state index contributed by atoms with van der Waals surface area (Å²) < 4.78 is 13.0. The fraction of sp³-hybridized carbons (Fsp3) is 0.556. The Morgan fingerprint density at radius 1 is 1.48 bits per heavy atom. The zero-order valence-electron chi connectivity index (χ0n) is 14.6. The van der Waals surface area contributed by atoms with Crippen molar-refractivity contribution in [1.82, 2.24) is 20.0 Å². The van der Waals surface area contributed by atoms with Gasteiger partial charge in [-0.15, -0.1) is 0 Å². The fourth-order valence-corrected chi connectivity index (χ4v) is 4.02. The number of ether oxygens (including phenoxy) is 1. The second-order valence-corrected chi connectivity index (χ2v) is 6.94. The molecule has 1 N–H and O–H groups in total. The molecule has 2 aliphatic rings. The number of nitrogens with zero attached hydrogens (tertiary/aromatic N) is 3. The van der Waals surface area contributed by atoms with E-state index in [1.807, 2.05) is 30.8 Å². The van der Waals surface area contributed by atoms with Crippen LogP contribution in [0.15, 0.2) is 29.0 Å². The van der Waals surface area contributed by atoms with Crippen LogP contribution in [0.4, 0.5) is 0 Å². The van der Waals surface area contributed by atoms with Gasteiger partial charge in [0.05, 0.1) is 30.5 Å². The first-order valence-corrected chi connectivity index (χ1v) is 8.76. The third kappa shape index (κ3) is 3.21. The molecular weight excluding hydrogens is 320 g/mol. The number of rotatable bonds is 5. The number of hydrogen-bond acceptors (Lipinski definition) is 5. The van der Waals surface area contributed by atoms with Crippen LogP contribution in [-0.2, 0) is 29.7 Å². The molecule has 0 bridgehead atoms. The number of amides is 1. The van der Waals surface area contributed by atoms with Crippen LogP contribution in [0.5, 0.6) is 0 Å². The highest BCUT2D eigenvalue weighted by Crippen LogP contribution is 2.34. The van der Waals surface area contributed by atoms with Crippen molar-refractivity contribution in [3.63, 3.8) is 0 Å². The summed E-state index contributed by atoms with van der Waals surface area (Å²) in [6.07, 6.45) is 4.63. The molecule has 0 saturated carbocycles. The first-order chi connectivity index (χ1) is 12.1. The van der Waals surface area contributed by atoms with Crippen molar-refractivity contribution in [1.29, 1.82) is 0 Å². The van der Waals surface area contributed by atoms with Gasteiger partial charge >= 0.3 is 0 Å². The van der Waals surface area contributed by atoms with Crippen molar-refractivity contribution < 1.29 is 13.9 Å². The minimum absolute atomic E-state index is 0.0198. The molecule has 25 heavy (non-hydrogen) atoms. The fourth-order valence-electron chi connectivity index (χ4n) is 4.02. The molecule has 0 aromatic carbocycles. The lowest BCUT2D eigenvalue weighted by atomic mass is 10.0. The summed E-state index contributed by atoms with van der Waals surface area (Å²) in [5.41, 5.74) is 2.26. The Hall–Kier alpha value is -2.12. The molecule has 2 fully saturated rings. The predicted molar refractivity (Wildman–Crippen MR) is 90.5 cm³/mol. The molecule has 0 spiro atoms. The predicted octanol–water partition coefficient (Wildman–Crippen LogP) is 1.23. The van der Waals surface area contributed by atoms with E-state index in [1.165, 1.54) is 5.56 Å². The van der Waals surface area contributed by atoms with Crippen molar-refractivity contribution in [2.75, 3.05) is 13.2 Å². The van der Waals surface area contributed by atoms with Crippen LogP contribution in [0, 0.1) is 12.8 Å². The quantitative estimate of drug-likeness (QED) is 0.883. The maximum Gasteiger partial charge on any atom is 0.227 e. The Morgan fingerprint density at radius 3 is 3.08 bits per heavy atom.